The fourth-order valence-corrected chi connectivity index (χ4v) is 2.95. The molecule has 0 unspecified atom stereocenters. The summed E-state index contributed by atoms with van der Waals surface area (Å²) in [4.78, 5) is 25.7. The van der Waals surface area contributed by atoms with Crippen molar-refractivity contribution in [3.05, 3.63) is 47.5 Å². The summed E-state index contributed by atoms with van der Waals surface area (Å²) in [6.07, 6.45) is -0.515. The van der Waals surface area contributed by atoms with Crippen LogP contribution >= 0.6 is 0 Å². The minimum absolute atomic E-state index is 0.0950. The van der Waals surface area contributed by atoms with E-state index >= 15 is 0 Å². The second-order valence-corrected chi connectivity index (χ2v) is 6.50. The zero-order valence-corrected chi connectivity index (χ0v) is 15.3. The van der Waals surface area contributed by atoms with Crippen LogP contribution in [0, 0.1) is 13.8 Å². The number of aryl methyl sites for hydroxylation is 2. The van der Waals surface area contributed by atoms with Crippen molar-refractivity contribution in [1.29, 1.82) is 0 Å². The number of carbonyl (C=O) groups excluding carboxylic acids is 2. The van der Waals surface area contributed by atoms with Gasteiger partial charge in [0, 0.05) is 12.7 Å². The van der Waals surface area contributed by atoms with Crippen molar-refractivity contribution in [2.75, 3.05) is 23.9 Å². The Bertz CT molecular complexity index is 843. The lowest BCUT2D eigenvalue weighted by molar-refractivity contribution is -0.125. The molecule has 0 radical (unpaired) electrons. The molecule has 1 N–H and O–H groups in total. The van der Waals surface area contributed by atoms with Gasteiger partial charge in [-0.3, -0.25) is 9.59 Å². The first-order chi connectivity index (χ1) is 12.3. The highest BCUT2D eigenvalue weighted by Crippen LogP contribution is 2.35. The molecule has 1 atom stereocenters. The molecule has 3 rings (SSSR count). The number of rotatable bonds is 4. The molecule has 2 aromatic carbocycles. The van der Waals surface area contributed by atoms with Crippen LogP contribution in [0.1, 0.15) is 18.1 Å². The lowest BCUT2D eigenvalue weighted by Gasteiger charge is -2.30. The van der Waals surface area contributed by atoms with Gasteiger partial charge < -0.3 is 19.7 Å². The van der Waals surface area contributed by atoms with Gasteiger partial charge in [-0.1, -0.05) is 6.07 Å². The van der Waals surface area contributed by atoms with Gasteiger partial charge >= 0.3 is 0 Å². The van der Waals surface area contributed by atoms with E-state index in [9.17, 15) is 9.59 Å². The van der Waals surface area contributed by atoms with E-state index < -0.39 is 6.10 Å². The van der Waals surface area contributed by atoms with Crippen LogP contribution in [0.25, 0.3) is 0 Å². The topological polar surface area (TPSA) is 67.9 Å². The van der Waals surface area contributed by atoms with Crippen LogP contribution < -0.4 is 19.7 Å². The molecule has 0 aromatic heterocycles. The molecule has 0 spiro atoms. The van der Waals surface area contributed by atoms with Crippen molar-refractivity contribution < 1.29 is 19.1 Å². The van der Waals surface area contributed by atoms with Gasteiger partial charge in [0.15, 0.2) is 12.7 Å². The zero-order valence-electron chi connectivity index (χ0n) is 15.3. The van der Waals surface area contributed by atoms with E-state index in [1.165, 1.54) is 4.90 Å². The van der Waals surface area contributed by atoms with Crippen LogP contribution in [0.5, 0.6) is 11.5 Å². The van der Waals surface area contributed by atoms with Crippen molar-refractivity contribution >= 4 is 23.2 Å². The van der Waals surface area contributed by atoms with Crippen molar-refractivity contribution in [2.24, 2.45) is 0 Å². The molecule has 0 fully saturated rings. The average Bonchev–Trinajstić information content (AvgIpc) is 2.58. The van der Waals surface area contributed by atoms with Gasteiger partial charge in [0.05, 0.1) is 5.69 Å². The molecule has 6 nitrogen and oxygen atoms in total. The molecule has 6 heteroatoms. The highest BCUT2D eigenvalue weighted by molar-refractivity contribution is 6.00. The monoisotopic (exact) mass is 354 g/mol. The van der Waals surface area contributed by atoms with E-state index in [2.05, 4.69) is 5.32 Å². The first-order valence-electron chi connectivity index (χ1n) is 8.42. The maximum atomic E-state index is 12.2. The predicted molar refractivity (Wildman–Crippen MR) is 100.0 cm³/mol. The van der Waals surface area contributed by atoms with Gasteiger partial charge in [0.1, 0.15) is 11.5 Å². The summed E-state index contributed by atoms with van der Waals surface area (Å²) in [5, 5.41) is 2.78. The smallest absolute Gasteiger partial charge is 0.267 e. The molecule has 0 bridgehead atoms. The molecule has 0 saturated heterocycles. The fraction of sp³-hybridized carbons (Fsp3) is 0.300. The van der Waals surface area contributed by atoms with Gasteiger partial charge in [0.2, 0.25) is 0 Å². The van der Waals surface area contributed by atoms with Crippen molar-refractivity contribution in [2.45, 2.75) is 26.9 Å². The molecule has 0 aliphatic carbocycles. The SMILES string of the molecule is Cc1cc(C)cc(OCC(=O)Nc2ccc3c(c2)N(C)C(=O)[C@@H](C)O3)c1. The van der Waals surface area contributed by atoms with E-state index in [1.54, 1.807) is 32.2 Å². The quantitative estimate of drug-likeness (QED) is 0.916. The average molecular weight is 354 g/mol. The fourth-order valence-electron chi connectivity index (χ4n) is 2.95. The van der Waals surface area contributed by atoms with Gasteiger partial charge in [-0.2, -0.15) is 0 Å². The third kappa shape index (κ3) is 3.79. The molecule has 2 aromatic rings. The van der Waals surface area contributed by atoms with Crippen LogP contribution in [0.3, 0.4) is 0 Å². The maximum absolute atomic E-state index is 12.2. The van der Waals surface area contributed by atoms with E-state index in [0.717, 1.165) is 11.1 Å². The molecule has 26 heavy (non-hydrogen) atoms. The number of ether oxygens (including phenoxy) is 2. The number of amides is 2. The molecule has 136 valence electrons. The Morgan fingerprint density at radius 2 is 1.88 bits per heavy atom. The van der Waals surface area contributed by atoms with E-state index in [-0.39, 0.29) is 18.4 Å². The number of nitrogens with zero attached hydrogens (tertiary/aromatic N) is 1. The second kappa shape index (κ2) is 7.07. The number of carbonyl (C=O) groups is 2. The summed E-state index contributed by atoms with van der Waals surface area (Å²) in [7, 11) is 1.69. The summed E-state index contributed by atoms with van der Waals surface area (Å²) < 4.78 is 11.1. The third-order valence-electron chi connectivity index (χ3n) is 4.15. The Morgan fingerprint density at radius 3 is 2.58 bits per heavy atom. The van der Waals surface area contributed by atoms with E-state index in [4.69, 9.17) is 9.47 Å². The Labute approximate surface area is 152 Å². The van der Waals surface area contributed by atoms with E-state index in [1.807, 2.05) is 32.0 Å². The van der Waals surface area contributed by atoms with Gasteiger partial charge in [0.25, 0.3) is 11.8 Å². The minimum Gasteiger partial charge on any atom is -0.484 e. The Hall–Kier alpha value is -3.02. The highest BCUT2D eigenvalue weighted by atomic mass is 16.5. The standard InChI is InChI=1S/C20H22N2O4/c1-12-7-13(2)9-16(8-12)25-11-19(23)21-15-5-6-18-17(10-15)22(4)20(24)14(3)26-18/h5-10,14H,11H2,1-4H3,(H,21,23)/t14-/m1/s1. The van der Waals surface area contributed by atoms with Crippen molar-refractivity contribution in [1.82, 2.24) is 0 Å². The number of hydrogen-bond acceptors (Lipinski definition) is 4. The molecule has 2 amide bonds. The van der Waals surface area contributed by atoms with Crippen LogP contribution in [0.2, 0.25) is 0 Å². The largest absolute Gasteiger partial charge is 0.484 e. The highest BCUT2D eigenvalue weighted by Gasteiger charge is 2.29. The molecule has 1 heterocycles. The molecule has 1 aliphatic rings. The predicted octanol–water partition coefficient (Wildman–Crippen LogP) is 3.06. The number of hydrogen-bond donors (Lipinski definition) is 1. The van der Waals surface area contributed by atoms with Gasteiger partial charge in [-0.15, -0.1) is 0 Å². The number of likely N-dealkylation sites (N-methyl/N-ethyl adjacent to an activating group) is 1. The van der Waals surface area contributed by atoms with Crippen molar-refractivity contribution in [3.63, 3.8) is 0 Å². The molecular weight excluding hydrogens is 332 g/mol. The summed E-state index contributed by atoms with van der Waals surface area (Å²) >= 11 is 0. The second-order valence-electron chi connectivity index (χ2n) is 6.50. The first kappa shape index (κ1) is 17.8. The lowest BCUT2D eigenvalue weighted by atomic mass is 10.1. The van der Waals surface area contributed by atoms with E-state index in [0.29, 0.717) is 22.9 Å². The van der Waals surface area contributed by atoms with Crippen molar-refractivity contribution in [3.8, 4) is 11.5 Å². The number of fused-ring (bicyclic) bond motifs is 1. The van der Waals surface area contributed by atoms with Gasteiger partial charge in [-0.05, 0) is 62.2 Å². The molecular formula is C20H22N2O4. The molecule has 1 aliphatic heterocycles. The number of anilines is 2. The van der Waals surface area contributed by atoms with Crippen LogP contribution in [0.4, 0.5) is 11.4 Å². The summed E-state index contributed by atoms with van der Waals surface area (Å²) in [5.74, 6) is 0.877. The normalized spacial score (nSPS) is 15.9. The Morgan fingerprint density at radius 1 is 1.19 bits per heavy atom. The maximum Gasteiger partial charge on any atom is 0.267 e. The van der Waals surface area contributed by atoms with Gasteiger partial charge in [-0.25, -0.2) is 0 Å². The van der Waals surface area contributed by atoms with Crippen LogP contribution in [-0.4, -0.2) is 31.6 Å². The number of nitrogens with one attached hydrogen (secondary N) is 1. The Balaban J connectivity index is 1.66. The number of benzene rings is 2. The van der Waals surface area contributed by atoms with Crippen LogP contribution in [-0.2, 0) is 9.59 Å². The first-order valence-corrected chi connectivity index (χ1v) is 8.42. The molecule has 0 saturated carbocycles. The summed E-state index contributed by atoms with van der Waals surface area (Å²) in [5.41, 5.74) is 3.37. The van der Waals surface area contributed by atoms with Crippen LogP contribution in [0.15, 0.2) is 36.4 Å². The minimum atomic E-state index is -0.515. The lowest BCUT2D eigenvalue weighted by Crippen LogP contribution is -2.42. The summed E-state index contributed by atoms with van der Waals surface area (Å²) in [6, 6.07) is 11.0. The summed E-state index contributed by atoms with van der Waals surface area (Å²) in [6.45, 7) is 5.58. The Kier molecular flexibility index (Phi) is 4.84. The zero-order chi connectivity index (χ0) is 18.8. The third-order valence-corrected chi connectivity index (χ3v) is 4.15.